The van der Waals surface area contributed by atoms with Crippen LogP contribution in [0.1, 0.15) is 13.8 Å². The van der Waals surface area contributed by atoms with Crippen LogP contribution in [0.25, 0.3) is 10.8 Å². The van der Waals surface area contributed by atoms with E-state index in [1.54, 1.807) is 13.0 Å². The molecule has 0 amide bonds. The van der Waals surface area contributed by atoms with Crippen molar-refractivity contribution >= 4 is 22.6 Å². The molecular weight excluding hydrogens is 256 g/mol. The zero-order valence-corrected chi connectivity index (χ0v) is 11.6. The molecule has 5 heteroatoms. The summed E-state index contributed by atoms with van der Waals surface area (Å²) in [4.78, 5) is 27.7. The number of aromatic nitrogens is 1. The van der Waals surface area contributed by atoms with Gasteiger partial charge in [-0.05, 0) is 24.4 Å². The molecule has 1 aromatic carbocycles. The molecule has 1 atom stereocenters. The number of aromatic amines is 1. The number of nitrogens with zero attached hydrogens (tertiary/aromatic N) is 1. The van der Waals surface area contributed by atoms with Crippen molar-refractivity contribution < 1.29 is 9.90 Å². The summed E-state index contributed by atoms with van der Waals surface area (Å²) in [5.74, 6) is -0.680. The van der Waals surface area contributed by atoms with Crippen LogP contribution in [0.5, 0.6) is 0 Å². The number of carboxylic acid groups (broad SMARTS) is 1. The molecule has 0 aliphatic rings. The van der Waals surface area contributed by atoms with Gasteiger partial charge in [0.15, 0.2) is 0 Å². The monoisotopic (exact) mass is 274 g/mol. The maximum absolute atomic E-state index is 12.0. The number of hydrogen-bond donors (Lipinski definition) is 2. The summed E-state index contributed by atoms with van der Waals surface area (Å²) in [6.45, 7) is 4.58. The molecule has 1 aromatic heterocycles. The Morgan fingerprint density at radius 3 is 2.75 bits per heavy atom. The summed E-state index contributed by atoms with van der Waals surface area (Å²) >= 11 is 0. The number of carbonyl (C=O) groups is 1. The standard InChI is InChI=1S/C15H18N2O3/c1-3-17(9-10(2)15(19)20)13-8-11-6-4-5-7-12(11)14(18)16-13/h4-8,10H,3,9H2,1-2H3,(H,16,18)(H,19,20). The van der Waals surface area contributed by atoms with Gasteiger partial charge in [-0.15, -0.1) is 0 Å². The Morgan fingerprint density at radius 1 is 1.40 bits per heavy atom. The minimum Gasteiger partial charge on any atom is -0.481 e. The predicted molar refractivity (Wildman–Crippen MR) is 79.3 cm³/mol. The van der Waals surface area contributed by atoms with Crippen molar-refractivity contribution in [2.75, 3.05) is 18.0 Å². The first-order valence-corrected chi connectivity index (χ1v) is 6.62. The predicted octanol–water partition coefficient (Wildman–Crippen LogP) is 2.08. The quantitative estimate of drug-likeness (QED) is 0.875. The average Bonchev–Trinajstić information content (AvgIpc) is 2.44. The van der Waals surface area contributed by atoms with E-state index in [-0.39, 0.29) is 5.56 Å². The SMILES string of the molecule is CCN(CC(C)C(=O)O)c1cc2ccccc2c(=O)[nH]1. The lowest BCUT2D eigenvalue weighted by atomic mass is 10.1. The molecular formula is C15H18N2O3. The Labute approximate surface area is 116 Å². The fourth-order valence-electron chi connectivity index (χ4n) is 2.17. The Kier molecular flexibility index (Phi) is 4.08. The highest BCUT2D eigenvalue weighted by molar-refractivity contribution is 5.83. The maximum Gasteiger partial charge on any atom is 0.308 e. The molecule has 5 nitrogen and oxygen atoms in total. The van der Waals surface area contributed by atoms with E-state index in [1.807, 2.05) is 36.1 Å². The molecule has 0 saturated heterocycles. The van der Waals surface area contributed by atoms with Gasteiger partial charge in [0.2, 0.25) is 0 Å². The van der Waals surface area contributed by atoms with E-state index in [0.29, 0.717) is 24.3 Å². The van der Waals surface area contributed by atoms with Gasteiger partial charge < -0.3 is 15.0 Å². The maximum atomic E-state index is 12.0. The number of anilines is 1. The number of fused-ring (bicyclic) bond motifs is 1. The van der Waals surface area contributed by atoms with Crippen molar-refractivity contribution in [1.82, 2.24) is 4.98 Å². The van der Waals surface area contributed by atoms with Crippen molar-refractivity contribution in [1.29, 1.82) is 0 Å². The van der Waals surface area contributed by atoms with E-state index in [0.717, 1.165) is 5.39 Å². The lowest BCUT2D eigenvalue weighted by molar-refractivity contribution is -0.140. The molecule has 0 bridgehead atoms. The zero-order valence-electron chi connectivity index (χ0n) is 11.6. The highest BCUT2D eigenvalue weighted by atomic mass is 16.4. The minimum atomic E-state index is -0.841. The highest BCUT2D eigenvalue weighted by Gasteiger charge is 2.16. The van der Waals surface area contributed by atoms with Crippen molar-refractivity contribution in [3.8, 4) is 0 Å². The summed E-state index contributed by atoms with van der Waals surface area (Å²) in [6, 6.07) is 9.23. The third kappa shape index (κ3) is 2.82. The number of aliphatic carboxylic acids is 1. The number of benzene rings is 1. The van der Waals surface area contributed by atoms with Crippen LogP contribution < -0.4 is 10.5 Å². The normalized spacial score (nSPS) is 12.3. The first kappa shape index (κ1) is 14.1. The number of hydrogen-bond acceptors (Lipinski definition) is 3. The summed E-state index contributed by atoms with van der Waals surface area (Å²) in [6.07, 6.45) is 0. The van der Waals surface area contributed by atoms with Gasteiger partial charge in [-0.1, -0.05) is 25.1 Å². The van der Waals surface area contributed by atoms with Gasteiger partial charge in [0.1, 0.15) is 5.82 Å². The van der Waals surface area contributed by atoms with Crippen LogP contribution in [0.15, 0.2) is 35.1 Å². The van der Waals surface area contributed by atoms with Gasteiger partial charge in [-0.3, -0.25) is 9.59 Å². The summed E-state index contributed by atoms with van der Waals surface area (Å²) in [5.41, 5.74) is -0.153. The van der Waals surface area contributed by atoms with Crippen LogP contribution in [-0.4, -0.2) is 29.1 Å². The molecule has 2 N–H and O–H groups in total. The average molecular weight is 274 g/mol. The minimum absolute atomic E-state index is 0.153. The molecule has 0 radical (unpaired) electrons. The molecule has 1 unspecified atom stereocenters. The van der Waals surface area contributed by atoms with Gasteiger partial charge in [-0.2, -0.15) is 0 Å². The Bertz CT molecular complexity index is 678. The summed E-state index contributed by atoms with van der Waals surface area (Å²) in [7, 11) is 0. The molecule has 0 saturated carbocycles. The van der Waals surface area contributed by atoms with Crippen molar-refractivity contribution in [3.63, 3.8) is 0 Å². The highest BCUT2D eigenvalue weighted by Crippen LogP contribution is 2.17. The van der Waals surface area contributed by atoms with E-state index in [9.17, 15) is 9.59 Å². The van der Waals surface area contributed by atoms with E-state index in [1.165, 1.54) is 0 Å². The van der Waals surface area contributed by atoms with E-state index >= 15 is 0 Å². The fourth-order valence-corrected chi connectivity index (χ4v) is 2.17. The van der Waals surface area contributed by atoms with Gasteiger partial charge in [0.25, 0.3) is 5.56 Å². The Hall–Kier alpha value is -2.30. The topological polar surface area (TPSA) is 73.4 Å². The summed E-state index contributed by atoms with van der Waals surface area (Å²) in [5, 5.41) is 10.5. The van der Waals surface area contributed by atoms with Crippen LogP contribution in [0.4, 0.5) is 5.82 Å². The number of carboxylic acids is 1. The number of pyridine rings is 1. The lowest BCUT2D eigenvalue weighted by Gasteiger charge is -2.24. The summed E-state index contributed by atoms with van der Waals surface area (Å²) < 4.78 is 0. The van der Waals surface area contributed by atoms with Gasteiger partial charge in [0.05, 0.1) is 5.92 Å². The Morgan fingerprint density at radius 2 is 2.10 bits per heavy atom. The molecule has 0 aliphatic heterocycles. The van der Waals surface area contributed by atoms with Crippen molar-refractivity contribution in [2.45, 2.75) is 13.8 Å². The number of nitrogens with one attached hydrogen (secondary N) is 1. The van der Waals surface area contributed by atoms with Gasteiger partial charge in [-0.25, -0.2) is 0 Å². The molecule has 0 aliphatic carbocycles. The van der Waals surface area contributed by atoms with Crippen LogP contribution in [0, 0.1) is 5.92 Å². The molecule has 20 heavy (non-hydrogen) atoms. The zero-order chi connectivity index (χ0) is 14.7. The third-order valence-corrected chi connectivity index (χ3v) is 3.38. The van der Waals surface area contributed by atoms with Crippen LogP contribution >= 0.6 is 0 Å². The lowest BCUT2D eigenvalue weighted by Crippen LogP contribution is -2.33. The van der Waals surface area contributed by atoms with Gasteiger partial charge in [0, 0.05) is 18.5 Å². The molecule has 0 fully saturated rings. The third-order valence-electron chi connectivity index (χ3n) is 3.38. The molecule has 0 spiro atoms. The second kappa shape index (κ2) is 5.77. The van der Waals surface area contributed by atoms with Crippen LogP contribution in [0.3, 0.4) is 0 Å². The second-order valence-electron chi connectivity index (χ2n) is 4.85. The first-order valence-electron chi connectivity index (χ1n) is 6.62. The smallest absolute Gasteiger partial charge is 0.308 e. The largest absolute Gasteiger partial charge is 0.481 e. The number of H-pyrrole nitrogens is 1. The van der Waals surface area contributed by atoms with Crippen molar-refractivity contribution in [2.24, 2.45) is 5.92 Å². The van der Waals surface area contributed by atoms with Crippen molar-refractivity contribution in [3.05, 3.63) is 40.7 Å². The molecule has 2 rings (SSSR count). The van der Waals surface area contributed by atoms with Gasteiger partial charge >= 0.3 is 5.97 Å². The number of rotatable bonds is 5. The fraction of sp³-hybridized carbons (Fsp3) is 0.333. The van der Waals surface area contributed by atoms with E-state index < -0.39 is 11.9 Å². The molecule has 106 valence electrons. The molecule has 1 heterocycles. The van der Waals surface area contributed by atoms with E-state index in [2.05, 4.69) is 4.98 Å². The Balaban J connectivity index is 2.40. The molecule has 2 aromatic rings. The van der Waals surface area contributed by atoms with Crippen LogP contribution in [0.2, 0.25) is 0 Å². The first-order chi connectivity index (χ1) is 9.52. The van der Waals surface area contributed by atoms with E-state index in [4.69, 9.17) is 5.11 Å². The van der Waals surface area contributed by atoms with Crippen LogP contribution in [-0.2, 0) is 4.79 Å². The second-order valence-corrected chi connectivity index (χ2v) is 4.85.